The highest BCUT2D eigenvalue weighted by atomic mass is 32.2. The molecule has 2 N–H and O–H groups in total. The summed E-state index contributed by atoms with van der Waals surface area (Å²) in [6, 6.07) is 29.2. The lowest BCUT2D eigenvalue weighted by Gasteiger charge is -2.17. The van der Waals surface area contributed by atoms with Crippen LogP contribution in [0.5, 0.6) is 11.5 Å². The molecule has 0 aliphatic rings. The SMILES string of the molecule is CCOC(=O)C(CNC(=O)Cc1ccc(OCCOc2c(-c3ccc(SC)cc3)oc3ccccc3c2=O)cc1)NSc1ccc(C)cc1. The summed E-state index contributed by atoms with van der Waals surface area (Å²) in [5.74, 6) is 0.427. The van der Waals surface area contributed by atoms with E-state index in [1.807, 2.05) is 67.8 Å². The molecule has 254 valence electrons. The molecule has 0 aliphatic heterocycles. The molecule has 0 saturated carbocycles. The van der Waals surface area contributed by atoms with Gasteiger partial charge in [0.25, 0.3) is 0 Å². The number of fused-ring (bicyclic) bond motifs is 1. The van der Waals surface area contributed by atoms with Crippen molar-refractivity contribution in [3.8, 4) is 22.8 Å². The van der Waals surface area contributed by atoms with Crippen LogP contribution < -0.4 is 24.9 Å². The number of hydrogen-bond donors (Lipinski definition) is 2. The number of nitrogens with one attached hydrogen (secondary N) is 2. The Labute approximate surface area is 293 Å². The van der Waals surface area contributed by atoms with Crippen molar-refractivity contribution in [2.24, 2.45) is 0 Å². The highest BCUT2D eigenvalue weighted by Crippen LogP contribution is 2.32. The van der Waals surface area contributed by atoms with Crippen molar-refractivity contribution in [3.05, 3.63) is 118 Å². The Morgan fingerprint density at radius 1 is 0.857 bits per heavy atom. The maximum absolute atomic E-state index is 13.4. The fraction of sp³-hybridized carbons (Fsp3) is 0.237. The predicted molar refractivity (Wildman–Crippen MR) is 194 cm³/mol. The lowest BCUT2D eigenvalue weighted by atomic mass is 10.1. The Bertz CT molecular complexity index is 1910. The van der Waals surface area contributed by atoms with Gasteiger partial charge in [-0.2, -0.15) is 0 Å². The first-order chi connectivity index (χ1) is 23.8. The van der Waals surface area contributed by atoms with E-state index in [0.29, 0.717) is 22.5 Å². The fourth-order valence-electron chi connectivity index (χ4n) is 4.82. The van der Waals surface area contributed by atoms with Gasteiger partial charge in [0.1, 0.15) is 30.6 Å². The molecule has 4 aromatic carbocycles. The second-order valence-corrected chi connectivity index (χ2v) is 12.8. The van der Waals surface area contributed by atoms with Crippen LogP contribution in [0.25, 0.3) is 22.3 Å². The first kappa shape index (κ1) is 35.6. The molecule has 0 bridgehead atoms. The normalized spacial score (nSPS) is 11.6. The van der Waals surface area contributed by atoms with Crippen LogP contribution in [0.2, 0.25) is 0 Å². The summed E-state index contributed by atoms with van der Waals surface area (Å²) < 4.78 is 26.3. The maximum Gasteiger partial charge on any atom is 0.325 e. The highest BCUT2D eigenvalue weighted by Gasteiger charge is 2.21. The second-order valence-electron chi connectivity index (χ2n) is 11.0. The minimum Gasteiger partial charge on any atom is -0.490 e. The molecule has 0 aliphatic carbocycles. The molecule has 0 saturated heterocycles. The predicted octanol–water partition coefficient (Wildman–Crippen LogP) is 6.84. The number of thioether (sulfide) groups is 1. The van der Waals surface area contributed by atoms with Crippen molar-refractivity contribution in [3.63, 3.8) is 0 Å². The summed E-state index contributed by atoms with van der Waals surface area (Å²) in [5, 5.41) is 3.27. The summed E-state index contributed by atoms with van der Waals surface area (Å²) in [6.45, 7) is 4.37. The summed E-state index contributed by atoms with van der Waals surface area (Å²) in [6.07, 6.45) is 2.13. The first-order valence-corrected chi connectivity index (χ1v) is 17.9. The lowest BCUT2D eigenvalue weighted by Crippen LogP contribution is -2.44. The molecule has 5 aromatic rings. The Hall–Kier alpha value is -4.71. The molecule has 11 heteroatoms. The lowest BCUT2D eigenvalue weighted by molar-refractivity contribution is -0.145. The molecule has 1 amide bonds. The monoisotopic (exact) mass is 698 g/mol. The average molecular weight is 699 g/mol. The largest absolute Gasteiger partial charge is 0.490 e. The Balaban J connectivity index is 1.13. The number of carbonyl (C=O) groups excluding carboxylic acids is 2. The molecule has 1 aromatic heterocycles. The van der Waals surface area contributed by atoms with Gasteiger partial charge in [0, 0.05) is 21.9 Å². The number of aryl methyl sites for hydroxylation is 1. The number of para-hydroxylation sites is 1. The van der Waals surface area contributed by atoms with E-state index in [4.69, 9.17) is 18.6 Å². The van der Waals surface area contributed by atoms with Gasteiger partial charge in [0.2, 0.25) is 17.1 Å². The van der Waals surface area contributed by atoms with E-state index in [0.717, 1.165) is 26.5 Å². The number of rotatable bonds is 16. The van der Waals surface area contributed by atoms with E-state index in [1.54, 1.807) is 61.2 Å². The van der Waals surface area contributed by atoms with Gasteiger partial charge >= 0.3 is 5.97 Å². The Morgan fingerprint density at radius 3 is 2.27 bits per heavy atom. The zero-order chi connectivity index (χ0) is 34.6. The molecule has 1 heterocycles. The van der Waals surface area contributed by atoms with Crippen LogP contribution >= 0.6 is 23.7 Å². The number of benzene rings is 4. The van der Waals surface area contributed by atoms with E-state index in [2.05, 4.69) is 10.0 Å². The number of carbonyl (C=O) groups is 2. The molecule has 9 nitrogen and oxygen atoms in total. The molecule has 1 atom stereocenters. The maximum atomic E-state index is 13.4. The smallest absolute Gasteiger partial charge is 0.325 e. The minimum absolute atomic E-state index is 0.0815. The molecule has 49 heavy (non-hydrogen) atoms. The van der Waals surface area contributed by atoms with Crippen LogP contribution in [0.15, 0.2) is 116 Å². The van der Waals surface area contributed by atoms with Gasteiger partial charge in [-0.1, -0.05) is 42.0 Å². The van der Waals surface area contributed by atoms with E-state index in [-0.39, 0.29) is 49.9 Å². The van der Waals surface area contributed by atoms with Crippen LogP contribution in [0.1, 0.15) is 18.1 Å². The van der Waals surface area contributed by atoms with Gasteiger partial charge in [-0.15, -0.1) is 11.8 Å². The number of esters is 1. The minimum atomic E-state index is -0.717. The van der Waals surface area contributed by atoms with Crippen LogP contribution in [0, 0.1) is 6.92 Å². The van der Waals surface area contributed by atoms with Crippen molar-refractivity contribution >= 4 is 46.6 Å². The standard InChI is InChI=1S/C38H38N2O7S2/c1-4-44-38(43)32(40-49-30-17-9-25(2)10-18-30)24-39-34(41)23-26-11-15-28(16-12-26)45-21-22-46-37-35(42)31-7-5-6-8-33(31)47-36(37)27-13-19-29(48-3)20-14-27/h5-20,32,40H,4,21-24H2,1-3H3,(H,39,41). The molecular formula is C38H38N2O7S2. The van der Waals surface area contributed by atoms with Gasteiger partial charge in [0.05, 0.1) is 18.4 Å². The van der Waals surface area contributed by atoms with Crippen molar-refractivity contribution in [1.82, 2.24) is 10.0 Å². The van der Waals surface area contributed by atoms with E-state index in [9.17, 15) is 14.4 Å². The number of amides is 1. The van der Waals surface area contributed by atoms with Gasteiger partial charge in [0.15, 0.2) is 5.76 Å². The van der Waals surface area contributed by atoms with Gasteiger partial charge in [-0.25, -0.2) is 4.72 Å². The number of hydrogen-bond acceptors (Lipinski definition) is 10. The third-order valence-corrected chi connectivity index (χ3v) is 9.06. The molecule has 5 rings (SSSR count). The molecule has 0 spiro atoms. The molecule has 0 fully saturated rings. The van der Waals surface area contributed by atoms with Gasteiger partial charge in [-0.05, 0) is 98.3 Å². The average Bonchev–Trinajstić information content (AvgIpc) is 3.12. The quantitative estimate of drug-likeness (QED) is 0.0492. The van der Waals surface area contributed by atoms with E-state index in [1.165, 1.54) is 11.9 Å². The van der Waals surface area contributed by atoms with Crippen LogP contribution in [-0.2, 0) is 20.7 Å². The summed E-state index contributed by atoms with van der Waals surface area (Å²) in [7, 11) is 0. The van der Waals surface area contributed by atoms with Gasteiger partial charge in [-0.3, -0.25) is 14.4 Å². The van der Waals surface area contributed by atoms with Crippen LogP contribution in [0.4, 0.5) is 0 Å². The number of ether oxygens (including phenoxy) is 3. The second kappa shape index (κ2) is 17.6. The first-order valence-electron chi connectivity index (χ1n) is 15.8. The summed E-state index contributed by atoms with van der Waals surface area (Å²) in [4.78, 5) is 40.7. The summed E-state index contributed by atoms with van der Waals surface area (Å²) >= 11 is 2.94. The Morgan fingerprint density at radius 2 is 1.55 bits per heavy atom. The van der Waals surface area contributed by atoms with Crippen LogP contribution in [0.3, 0.4) is 0 Å². The fourth-order valence-corrected chi connectivity index (χ4v) is 5.96. The molecule has 1 unspecified atom stereocenters. The van der Waals surface area contributed by atoms with Crippen molar-refractivity contribution in [2.45, 2.75) is 36.1 Å². The van der Waals surface area contributed by atoms with Crippen molar-refractivity contribution in [2.75, 3.05) is 32.6 Å². The third-order valence-electron chi connectivity index (χ3n) is 7.41. The van der Waals surface area contributed by atoms with Crippen molar-refractivity contribution < 1.29 is 28.2 Å². The molecule has 0 radical (unpaired) electrons. The topological polar surface area (TPSA) is 116 Å². The van der Waals surface area contributed by atoms with E-state index < -0.39 is 12.0 Å². The zero-order valence-electron chi connectivity index (χ0n) is 27.5. The summed E-state index contributed by atoms with van der Waals surface area (Å²) in [5.41, 5.74) is 2.90. The third kappa shape index (κ3) is 9.91. The van der Waals surface area contributed by atoms with Crippen LogP contribution in [-0.4, -0.2) is 50.5 Å². The molecular weight excluding hydrogens is 661 g/mol. The van der Waals surface area contributed by atoms with Gasteiger partial charge < -0.3 is 23.9 Å². The van der Waals surface area contributed by atoms with Crippen molar-refractivity contribution in [1.29, 1.82) is 0 Å². The highest BCUT2D eigenvalue weighted by molar-refractivity contribution is 7.98. The zero-order valence-corrected chi connectivity index (χ0v) is 29.2. The Kier molecular flexibility index (Phi) is 12.8. The van der Waals surface area contributed by atoms with E-state index >= 15 is 0 Å².